The zero-order valence-corrected chi connectivity index (χ0v) is 24.3. The summed E-state index contributed by atoms with van der Waals surface area (Å²) in [5.41, 5.74) is 4.12. The van der Waals surface area contributed by atoms with E-state index in [9.17, 15) is 18.3 Å². The van der Waals surface area contributed by atoms with E-state index in [1.54, 1.807) is 6.20 Å². The molecule has 1 aromatic carbocycles. The number of benzene rings is 1. The quantitative estimate of drug-likeness (QED) is 0.295. The second kappa shape index (κ2) is 12.9. The fourth-order valence-electron chi connectivity index (χ4n) is 7.22. The van der Waals surface area contributed by atoms with E-state index < -0.39 is 12.6 Å². The number of aromatic nitrogens is 3. The van der Waals surface area contributed by atoms with Crippen molar-refractivity contribution in [1.82, 2.24) is 24.8 Å². The lowest BCUT2D eigenvalue weighted by Crippen LogP contribution is -2.39. The van der Waals surface area contributed by atoms with Gasteiger partial charge in [0.05, 0.1) is 12.5 Å². The van der Waals surface area contributed by atoms with E-state index in [1.807, 2.05) is 0 Å². The topological polar surface area (TPSA) is 78.2 Å². The molecule has 0 spiro atoms. The lowest BCUT2D eigenvalue weighted by molar-refractivity contribution is -0.131. The van der Waals surface area contributed by atoms with Crippen molar-refractivity contribution in [2.45, 2.75) is 82.7 Å². The van der Waals surface area contributed by atoms with Crippen molar-refractivity contribution in [3.8, 4) is 11.1 Å². The average molecular weight is 585 g/mol. The van der Waals surface area contributed by atoms with E-state index in [0.717, 1.165) is 79.3 Å². The van der Waals surface area contributed by atoms with Gasteiger partial charge >= 0.3 is 6.18 Å². The molecule has 3 aliphatic rings. The van der Waals surface area contributed by atoms with Crippen LogP contribution in [0.1, 0.15) is 69.4 Å². The number of rotatable bonds is 8. The summed E-state index contributed by atoms with van der Waals surface area (Å²) in [6.07, 6.45) is 6.75. The van der Waals surface area contributed by atoms with E-state index in [1.165, 1.54) is 44.3 Å². The van der Waals surface area contributed by atoms with Crippen molar-refractivity contribution in [2.24, 2.45) is 11.8 Å². The summed E-state index contributed by atoms with van der Waals surface area (Å²) in [5, 5.41) is 17.2. The summed E-state index contributed by atoms with van der Waals surface area (Å²) < 4.78 is 40.2. The number of aliphatic hydroxyl groups is 1. The summed E-state index contributed by atoms with van der Waals surface area (Å²) in [6, 6.07) is 8.92. The normalized spacial score (nSPS) is 23.4. The van der Waals surface area contributed by atoms with Gasteiger partial charge in [-0.3, -0.25) is 4.90 Å². The van der Waals surface area contributed by atoms with Crippen LogP contribution in [0.3, 0.4) is 0 Å². The van der Waals surface area contributed by atoms with Crippen LogP contribution in [0.15, 0.2) is 36.7 Å². The summed E-state index contributed by atoms with van der Waals surface area (Å²) in [5.74, 6) is 1.97. The number of nitrogens with one attached hydrogen (secondary N) is 2. The highest BCUT2D eigenvalue weighted by Crippen LogP contribution is 2.37. The van der Waals surface area contributed by atoms with Crippen molar-refractivity contribution >= 4 is 17.0 Å². The second-order valence-electron chi connectivity index (χ2n) is 12.5. The van der Waals surface area contributed by atoms with Crippen LogP contribution < -0.4 is 10.6 Å². The predicted molar refractivity (Wildman–Crippen MR) is 159 cm³/mol. The molecule has 7 nitrogen and oxygen atoms in total. The third-order valence-electron chi connectivity index (χ3n) is 9.68. The summed E-state index contributed by atoms with van der Waals surface area (Å²) >= 11 is 0. The van der Waals surface area contributed by atoms with Gasteiger partial charge in [-0.2, -0.15) is 18.2 Å². The minimum atomic E-state index is -4.23. The lowest BCUT2D eigenvalue weighted by atomic mass is 9.79. The van der Waals surface area contributed by atoms with Crippen LogP contribution in [0.4, 0.5) is 19.1 Å². The van der Waals surface area contributed by atoms with Gasteiger partial charge in [-0.05, 0) is 101 Å². The molecular weight excluding hydrogens is 541 g/mol. The minimum Gasteiger partial charge on any atom is -0.393 e. The molecular formula is C32H43F3N6O. The standard InChI is InChI=1S/C32H43F3N6O/c33-32(34,35)13-16-37-31-38-19-28-29(21-41(30(28)39-31)26-5-7-27(42)8-6-26)25-3-1-22(2-4-25)20-40-17-11-24(12-18-40)23-9-14-36-15-10-23/h1-4,19,21,23-24,26-27,36,42H,5-18,20H2,(H,37,38,39)/t26-,27-. The molecule has 6 rings (SSSR count). The van der Waals surface area contributed by atoms with Crippen molar-refractivity contribution in [3.05, 3.63) is 42.2 Å². The number of fused-ring (bicyclic) bond motifs is 1. The van der Waals surface area contributed by atoms with E-state index in [0.29, 0.717) is 0 Å². The van der Waals surface area contributed by atoms with Crippen LogP contribution in [0.2, 0.25) is 0 Å². The zero-order valence-electron chi connectivity index (χ0n) is 24.3. The van der Waals surface area contributed by atoms with Crippen LogP contribution in [-0.2, 0) is 6.54 Å². The minimum absolute atomic E-state index is 0.176. The fourth-order valence-corrected chi connectivity index (χ4v) is 7.22. The van der Waals surface area contributed by atoms with E-state index in [4.69, 9.17) is 0 Å². The fraction of sp³-hybridized carbons (Fsp3) is 0.625. The van der Waals surface area contributed by atoms with Gasteiger partial charge in [0.25, 0.3) is 0 Å². The van der Waals surface area contributed by atoms with Crippen molar-refractivity contribution in [1.29, 1.82) is 0 Å². The number of likely N-dealkylation sites (tertiary alicyclic amines) is 1. The summed E-state index contributed by atoms with van der Waals surface area (Å²) in [4.78, 5) is 11.6. The Bertz CT molecular complexity index is 1300. The van der Waals surface area contributed by atoms with E-state index in [2.05, 4.69) is 60.5 Å². The smallest absolute Gasteiger partial charge is 0.390 e. The first-order chi connectivity index (χ1) is 20.3. The Kier molecular flexibility index (Phi) is 9.02. The van der Waals surface area contributed by atoms with Crippen molar-refractivity contribution < 1.29 is 18.3 Å². The molecule has 2 aliphatic heterocycles. The van der Waals surface area contributed by atoms with Gasteiger partial charge in [-0.1, -0.05) is 24.3 Å². The number of alkyl halides is 3. The highest BCUT2D eigenvalue weighted by atomic mass is 19.4. The summed E-state index contributed by atoms with van der Waals surface area (Å²) in [6.45, 7) is 5.36. The highest BCUT2D eigenvalue weighted by molar-refractivity contribution is 5.94. The molecule has 2 saturated heterocycles. The molecule has 4 heterocycles. The number of piperidine rings is 2. The molecule has 0 unspecified atom stereocenters. The molecule has 0 radical (unpaired) electrons. The third-order valence-corrected chi connectivity index (χ3v) is 9.68. The van der Waals surface area contributed by atoms with Crippen LogP contribution in [-0.4, -0.2) is 69.5 Å². The van der Waals surface area contributed by atoms with Crippen LogP contribution >= 0.6 is 0 Å². The Morgan fingerprint density at radius 1 is 0.929 bits per heavy atom. The predicted octanol–water partition coefficient (Wildman–Crippen LogP) is 6.15. The Hall–Kier alpha value is -2.69. The molecule has 10 heteroatoms. The maximum Gasteiger partial charge on any atom is 0.390 e. The monoisotopic (exact) mass is 584 g/mol. The SMILES string of the molecule is O[C@H]1CC[C@H](n2cc(-c3ccc(CN4CCC(C5CCNCC5)CC4)cc3)c3cnc(NCCC(F)(F)F)nc32)CC1. The Labute approximate surface area is 245 Å². The molecule has 0 amide bonds. The molecule has 1 aliphatic carbocycles. The number of halogens is 3. The molecule has 0 atom stereocenters. The average Bonchev–Trinajstić information content (AvgIpc) is 3.37. The first kappa shape index (κ1) is 29.4. The molecule has 0 bridgehead atoms. The number of nitrogens with zero attached hydrogens (tertiary/aromatic N) is 4. The number of hydrogen-bond donors (Lipinski definition) is 3. The molecule has 3 N–H and O–H groups in total. The van der Waals surface area contributed by atoms with Gasteiger partial charge in [-0.25, -0.2) is 4.98 Å². The van der Waals surface area contributed by atoms with Crippen LogP contribution in [0.5, 0.6) is 0 Å². The largest absolute Gasteiger partial charge is 0.393 e. The van der Waals surface area contributed by atoms with E-state index >= 15 is 0 Å². The highest BCUT2D eigenvalue weighted by Gasteiger charge is 2.29. The van der Waals surface area contributed by atoms with E-state index in [-0.39, 0.29) is 24.6 Å². The molecule has 3 fully saturated rings. The second-order valence-corrected chi connectivity index (χ2v) is 12.5. The van der Waals surface area contributed by atoms with Crippen molar-refractivity contribution in [2.75, 3.05) is 38.0 Å². The van der Waals surface area contributed by atoms with Gasteiger partial charge in [0.15, 0.2) is 0 Å². The lowest BCUT2D eigenvalue weighted by Gasteiger charge is -2.37. The zero-order chi connectivity index (χ0) is 29.1. The Balaban J connectivity index is 1.16. The van der Waals surface area contributed by atoms with Crippen molar-refractivity contribution in [3.63, 3.8) is 0 Å². The Morgan fingerprint density at radius 2 is 1.62 bits per heavy atom. The molecule has 228 valence electrons. The van der Waals surface area contributed by atoms with Gasteiger partial charge < -0.3 is 20.3 Å². The maximum absolute atomic E-state index is 12.7. The number of anilines is 1. The maximum atomic E-state index is 12.7. The third kappa shape index (κ3) is 7.09. The molecule has 3 aromatic rings. The van der Waals surface area contributed by atoms with Crippen LogP contribution in [0, 0.1) is 11.8 Å². The summed E-state index contributed by atoms with van der Waals surface area (Å²) in [7, 11) is 0. The van der Waals surface area contributed by atoms with Gasteiger partial charge in [-0.15, -0.1) is 0 Å². The van der Waals surface area contributed by atoms with Gasteiger partial charge in [0.2, 0.25) is 5.95 Å². The molecule has 1 saturated carbocycles. The molecule has 42 heavy (non-hydrogen) atoms. The van der Waals surface area contributed by atoms with Crippen LogP contribution in [0.25, 0.3) is 22.2 Å². The first-order valence-electron chi connectivity index (χ1n) is 15.7. The molecule has 2 aromatic heterocycles. The van der Waals surface area contributed by atoms with Gasteiger partial charge in [0, 0.05) is 42.5 Å². The number of aliphatic hydroxyl groups excluding tert-OH is 1. The Morgan fingerprint density at radius 3 is 2.31 bits per heavy atom. The number of hydrogen-bond acceptors (Lipinski definition) is 6. The first-order valence-corrected chi connectivity index (χ1v) is 15.7. The van der Waals surface area contributed by atoms with Gasteiger partial charge in [0.1, 0.15) is 5.65 Å².